The van der Waals surface area contributed by atoms with Crippen molar-refractivity contribution in [2.45, 2.75) is 13.8 Å². The van der Waals surface area contributed by atoms with Crippen LogP contribution in [0.15, 0.2) is 27.8 Å². The molecular weight excluding hydrogens is 138 g/mol. The van der Waals surface area contributed by atoms with E-state index in [1.165, 1.54) is 18.9 Å². The van der Waals surface area contributed by atoms with Crippen molar-refractivity contribution in [1.29, 1.82) is 0 Å². The third kappa shape index (κ3) is 8.75. The van der Waals surface area contributed by atoms with Gasteiger partial charge in [0.05, 0.1) is 0 Å². The van der Waals surface area contributed by atoms with E-state index in [-0.39, 0.29) is 0 Å². The van der Waals surface area contributed by atoms with E-state index in [0.29, 0.717) is 5.92 Å². The van der Waals surface area contributed by atoms with Gasteiger partial charge in [-0.25, -0.2) is 15.0 Å². The third-order valence-electron chi connectivity index (χ3n) is 0.756. The number of nitrogens with zero attached hydrogens (tertiary/aromatic N) is 3. The summed E-state index contributed by atoms with van der Waals surface area (Å²) in [4.78, 5) is 11.3. The Balaban J connectivity index is 3.59. The zero-order valence-electron chi connectivity index (χ0n) is 6.94. The maximum absolute atomic E-state index is 3.90. The molecule has 0 rings (SSSR count). The van der Waals surface area contributed by atoms with Crippen LogP contribution < -0.4 is 0 Å². The average molecular weight is 151 g/mol. The maximum Gasteiger partial charge on any atom is 0.117 e. The quantitative estimate of drug-likeness (QED) is 0.435. The molecule has 0 atom stereocenters. The lowest BCUT2D eigenvalue weighted by atomic mass is 10.3. The van der Waals surface area contributed by atoms with Crippen molar-refractivity contribution in [2.75, 3.05) is 0 Å². The highest BCUT2D eigenvalue weighted by Crippen LogP contribution is 1.82. The minimum absolute atomic E-state index is 0.456. The summed E-state index contributed by atoms with van der Waals surface area (Å²) in [6, 6.07) is 0. The van der Waals surface area contributed by atoms with Crippen LogP contribution in [0.3, 0.4) is 0 Å². The highest BCUT2D eigenvalue weighted by molar-refractivity contribution is 5.78. The molecule has 0 aromatic rings. The van der Waals surface area contributed by atoms with E-state index in [2.05, 4.69) is 35.4 Å². The number of aliphatic imine (C=N–C) groups is 3. The van der Waals surface area contributed by atoms with Gasteiger partial charge in [0.25, 0.3) is 0 Å². The average Bonchev–Trinajstić information content (AvgIpc) is 1.96. The van der Waals surface area contributed by atoms with E-state index in [1.807, 2.05) is 6.21 Å². The van der Waals surface area contributed by atoms with Crippen LogP contribution in [0.25, 0.3) is 0 Å². The van der Waals surface area contributed by atoms with Crippen molar-refractivity contribution in [3.05, 3.63) is 12.8 Å². The molecule has 0 aromatic heterocycles. The summed E-state index contributed by atoms with van der Waals surface area (Å²) >= 11 is 0. The normalized spacial score (nSPS) is 12.6. The van der Waals surface area contributed by atoms with E-state index in [4.69, 9.17) is 0 Å². The van der Waals surface area contributed by atoms with E-state index >= 15 is 0 Å². The molecule has 0 aliphatic rings. The summed E-state index contributed by atoms with van der Waals surface area (Å²) in [6.45, 7) is 7.50. The fourth-order valence-corrected chi connectivity index (χ4v) is 0.365. The molecule has 11 heavy (non-hydrogen) atoms. The Hall–Kier alpha value is -1.25. The first kappa shape index (κ1) is 9.75. The Morgan fingerprint density at radius 2 is 1.73 bits per heavy atom. The molecular formula is C8H13N3. The van der Waals surface area contributed by atoms with E-state index < -0.39 is 0 Å². The van der Waals surface area contributed by atoms with Gasteiger partial charge in [-0.3, -0.25) is 0 Å². The molecule has 0 amide bonds. The molecule has 0 spiro atoms. The molecule has 0 aliphatic heterocycles. The molecule has 0 aliphatic carbocycles. The van der Waals surface area contributed by atoms with Crippen LogP contribution in [-0.4, -0.2) is 18.9 Å². The van der Waals surface area contributed by atoms with E-state index in [9.17, 15) is 0 Å². The molecule has 0 aromatic carbocycles. The second-order valence-corrected chi connectivity index (χ2v) is 2.25. The molecule has 60 valence electrons. The summed E-state index contributed by atoms with van der Waals surface area (Å²) in [5, 5.41) is 0. The molecule has 0 saturated carbocycles. The minimum Gasteiger partial charge on any atom is -0.249 e. The monoisotopic (exact) mass is 151 g/mol. The van der Waals surface area contributed by atoms with Crippen LogP contribution in [0.4, 0.5) is 0 Å². The number of hydrogen-bond acceptors (Lipinski definition) is 1. The van der Waals surface area contributed by atoms with Gasteiger partial charge in [0.1, 0.15) is 12.7 Å². The maximum atomic E-state index is 3.90. The summed E-state index contributed by atoms with van der Waals surface area (Å²) in [7, 11) is 0. The number of rotatable bonds is 4. The first-order valence-electron chi connectivity index (χ1n) is 3.45. The van der Waals surface area contributed by atoms with Crippen LogP contribution in [0.5, 0.6) is 0 Å². The van der Waals surface area contributed by atoms with Gasteiger partial charge in [-0.2, -0.15) is 0 Å². The molecule has 0 heterocycles. The van der Waals surface area contributed by atoms with Crippen molar-refractivity contribution < 1.29 is 0 Å². The third-order valence-corrected chi connectivity index (χ3v) is 0.756. The Morgan fingerprint density at radius 1 is 1.09 bits per heavy atom. The second-order valence-electron chi connectivity index (χ2n) is 2.25. The Morgan fingerprint density at radius 3 is 2.27 bits per heavy atom. The first-order valence-corrected chi connectivity index (χ1v) is 3.45. The van der Waals surface area contributed by atoms with Gasteiger partial charge in [0.15, 0.2) is 0 Å². The Kier molecular flexibility index (Phi) is 6.08. The predicted molar refractivity (Wildman–Crippen MR) is 50.5 cm³/mol. The standard InChI is InChI=1S/C8H13N3/c1-4-9-6-11-7-10-5-8(2)3/h4-8H,1H2,2-3H3/b9-6-,10-5+,11-7-. The molecule has 0 fully saturated rings. The summed E-state index contributed by atoms with van der Waals surface area (Å²) in [5.41, 5.74) is 0. The van der Waals surface area contributed by atoms with Crippen molar-refractivity contribution in [3.63, 3.8) is 0 Å². The molecule has 0 bridgehead atoms. The van der Waals surface area contributed by atoms with Gasteiger partial charge in [0.2, 0.25) is 0 Å². The molecule has 0 N–H and O–H groups in total. The van der Waals surface area contributed by atoms with Crippen molar-refractivity contribution in [1.82, 2.24) is 0 Å². The summed E-state index contributed by atoms with van der Waals surface area (Å²) < 4.78 is 0. The highest BCUT2D eigenvalue weighted by atomic mass is 14.9. The minimum atomic E-state index is 0.456. The van der Waals surface area contributed by atoms with Gasteiger partial charge >= 0.3 is 0 Å². The molecule has 0 radical (unpaired) electrons. The summed E-state index contributed by atoms with van der Waals surface area (Å²) in [6.07, 6.45) is 6.08. The smallest absolute Gasteiger partial charge is 0.117 e. The molecule has 0 unspecified atom stereocenters. The zero-order valence-corrected chi connectivity index (χ0v) is 6.94. The Labute approximate surface area is 67.3 Å². The topological polar surface area (TPSA) is 37.1 Å². The van der Waals surface area contributed by atoms with Crippen molar-refractivity contribution >= 4 is 18.9 Å². The van der Waals surface area contributed by atoms with Crippen molar-refractivity contribution in [3.8, 4) is 0 Å². The fraction of sp³-hybridized carbons (Fsp3) is 0.375. The summed E-state index contributed by atoms with van der Waals surface area (Å²) in [5.74, 6) is 0.456. The van der Waals surface area contributed by atoms with Crippen LogP contribution in [0, 0.1) is 5.92 Å². The lowest BCUT2D eigenvalue weighted by Gasteiger charge is -1.86. The van der Waals surface area contributed by atoms with E-state index in [1.54, 1.807) is 0 Å². The van der Waals surface area contributed by atoms with Gasteiger partial charge < -0.3 is 0 Å². The lowest BCUT2D eigenvalue weighted by Crippen LogP contribution is -1.86. The van der Waals surface area contributed by atoms with Gasteiger partial charge in [0, 0.05) is 12.4 Å². The van der Waals surface area contributed by atoms with Crippen LogP contribution in [0.1, 0.15) is 13.8 Å². The fourth-order valence-electron chi connectivity index (χ4n) is 0.365. The highest BCUT2D eigenvalue weighted by Gasteiger charge is 1.80. The first-order chi connectivity index (χ1) is 5.27. The van der Waals surface area contributed by atoms with Crippen molar-refractivity contribution in [2.24, 2.45) is 20.9 Å². The Bertz CT molecular complexity index is 178. The van der Waals surface area contributed by atoms with Gasteiger partial charge in [-0.15, -0.1) is 0 Å². The zero-order chi connectivity index (χ0) is 8.53. The largest absolute Gasteiger partial charge is 0.249 e. The lowest BCUT2D eigenvalue weighted by molar-refractivity contribution is 0.909. The van der Waals surface area contributed by atoms with Gasteiger partial charge in [-0.1, -0.05) is 20.4 Å². The predicted octanol–water partition coefficient (Wildman–Crippen LogP) is 1.91. The van der Waals surface area contributed by atoms with Crippen LogP contribution in [-0.2, 0) is 0 Å². The van der Waals surface area contributed by atoms with Crippen LogP contribution >= 0.6 is 0 Å². The molecule has 0 saturated heterocycles. The van der Waals surface area contributed by atoms with Gasteiger partial charge in [-0.05, 0) is 5.92 Å². The number of hydrogen-bond donors (Lipinski definition) is 0. The second kappa shape index (κ2) is 6.86. The molecule has 3 heteroatoms. The van der Waals surface area contributed by atoms with Crippen LogP contribution in [0.2, 0.25) is 0 Å². The SMILES string of the molecule is C=C\N=C/N=C\N=C\C(C)C. The van der Waals surface area contributed by atoms with E-state index in [0.717, 1.165) is 0 Å². The molecule has 3 nitrogen and oxygen atoms in total.